The van der Waals surface area contributed by atoms with Gasteiger partial charge in [-0.2, -0.15) is 0 Å². The first-order chi connectivity index (χ1) is 24.3. The van der Waals surface area contributed by atoms with E-state index < -0.39 is 0 Å². The minimum absolute atomic E-state index is 0.932. The summed E-state index contributed by atoms with van der Waals surface area (Å²) in [5, 5.41) is 7.06. The first-order valence-corrected chi connectivity index (χ1v) is 16.7. The lowest BCUT2D eigenvalue weighted by Crippen LogP contribution is -1.97. The van der Waals surface area contributed by atoms with E-state index in [0.29, 0.717) is 0 Å². The molecule has 0 N–H and O–H groups in total. The fourth-order valence-corrected chi connectivity index (χ4v) is 7.61. The number of benzene rings is 8. The van der Waals surface area contributed by atoms with E-state index in [1.54, 1.807) is 12.4 Å². The van der Waals surface area contributed by atoms with Gasteiger partial charge in [-0.3, -0.25) is 9.97 Å². The van der Waals surface area contributed by atoms with Crippen molar-refractivity contribution in [3.8, 4) is 39.1 Å². The summed E-state index contributed by atoms with van der Waals surface area (Å²) in [7, 11) is 0. The van der Waals surface area contributed by atoms with Crippen molar-refractivity contribution in [3.63, 3.8) is 0 Å². The van der Waals surface area contributed by atoms with Crippen molar-refractivity contribution in [1.82, 2.24) is 14.5 Å². The molecule has 0 amide bonds. The van der Waals surface area contributed by atoms with Crippen molar-refractivity contribution in [2.24, 2.45) is 0 Å². The second-order valence-electron chi connectivity index (χ2n) is 12.6. The lowest BCUT2D eigenvalue weighted by Gasteiger charge is -2.16. The third-order valence-electron chi connectivity index (χ3n) is 9.88. The van der Waals surface area contributed by atoms with Gasteiger partial charge in [-0.05, 0) is 75.0 Å². The van der Waals surface area contributed by atoms with E-state index >= 15 is 0 Å². The summed E-state index contributed by atoms with van der Waals surface area (Å²) in [6.45, 7) is 0. The van der Waals surface area contributed by atoms with Crippen LogP contribution in [0.3, 0.4) is 0 Å². The normalized spacial score (nSPS) is 11.7. The molecule has 228 valence electrons. The van der Waals surface area contributed by atoms with Gasteiger partial charge < -0.3 is 4.57 Å². The van der Waals surface area contributed by atoms with E-state index in [4.69, 9.17) is 9.97 Å². The predicted molar refractivity (Wildman–Crippen MR) is 205 cm³/mol. The van der Waals surface area contributed by atoms with E-state index in [1.165, 1.54) is 60.4 Å². The molecule has 0 saturated carbocycles. The SMILES string of the molecule is c1ccc(-c2ccc3c(c2)c2cc(-c4ccccc4)ccc2n3-c2ccccc2-c2ccc3c(c2)c2ccccc2c2nccnc32)cc1. The van der Waals surface area contributed by atoms with Crippen molar-refractivity contribution >= 4 is 54.4 Å². The third kappa shape index (κ3) is 4.37. The van der Waals surface area contributed by atoms with Gasteiger partial charge in [-0.15, -0.1) is 0 Å². The molecule has 0 fully saturated rings. The van der Waals surface area contributed by atoms with Gasteiger partial charge in [0.05, 0.1) is 27.8 Å². The average Bonchev–Trinajstić information content (AvgIpc) is 3.51. The Morgan fingerprint density at radius 3 is 1.45 bits per heavy atom. The Morgan fingerprint density at radius 2 is 0.816 bits per heavy atom. The summed E-state index contributed by atoms with van der Waals surface area (Å²) in [6, 6.07) is 59.2. The number of para-hydroxylation sites is 1. The van der Waals surface area contributed by atoms with Crippen molar-refractivity contribution in [3.05, 3.63) is 176 Å². The molecule has 0 unspecified atom stereocenters. The Balaban J connectivity index is 1.24. The zero-order valence-corrected chi connectivity index (χ0v) is 26.6. The molecule has 10 rings (SSSR count). The van der Waals surface area contributed by atoms with Gasteiger partial charge in [0.15, 0.2) is 0 Å². The molecule has 3 nitrogen and oxygen atoms in total. The lowest BCUT2D eigenvalue weighted by atomic mass is 9.95. The van der Waals surface area contributed by atoms with E-state index in [1.807, 2.05) is 0 Å². The smallest absolute Gasteiger partial charge is 0.0971 e. The molecule has 0 aliphatic rings. The first-order valence-electron chi connectivity index (χ1n) is 16.7. The highest BCUT2D eigenvalue weighted by atomic mass is 15.0. The summed E-state index contributed by atoms with van der Waals surface area (Å²) in [6.07, 6.45) is 3.57. The number of fused-ring (bicyclic) bond motifs is 9. The molecule has 8 aromatic carbocycles. The number of aromatic nitrogens is 3. The van der Waals surface area contributed by atoms with Crippen LogP contribution in [-0.4, -0.2) is 14.5 Å². The van der Waals surface area contributed by atoms with Crippen LogP contribution in [0.25, 0.3) is 93.5 Å². The van der Waals surface area contributed by atoms with Crippen molar-refractivity contribution in [2.45, 2.75) is 0 Å². The van der Waals surface area contributed by atoms with Gasteiger partial charge >= 0.3 is 0 Å². The quantitative estimate of drug-likeness (QED) is 0.183. The lowest BCUT2D eigenvalue weighted by molar-refractivity contribution is 1.18. The summed E-state index contributed by atoms with van der Waals surface area (Å²) in [5.74, 6) is 0. The molecule has 0 bridgehead atoms. The molecule has 0 saturated heterocycles. The van der Waals surface area contributed by atoms with Gasteiger partial charge in [0.2, 0.25) is 0 Å². The summed E-state index contributed by atoms with van der Waals surface area (Å²) in [5.41, 5.74) is 12.6. The van der Waals surface area contributed by atoms with Gasteiger partial charge in [0.25, 0.3) is 0 Å². The maximum atomic E-state index is 4.78. The molecular formula is C46H29N3. The van der Waals surface area contributed by atoms with E-state index in [0.717, 1.165) is 33.1 Å². The number of hydrogen-bond donors (Lipinski definition) is 0. The summed E-state index contributed by atoms with van der Waals surface area (Å²) < 4.78 is 2.44. The molecule has 0 radical (unpaired) electrons. The van der Waals surface area contributed by atoms with E-state index in [2.05, 4.69) is 168 Å². The first kappa shape index (κ1) is 27.5. The second kappa shape index (κ2) is 11.0. The van der Waals surface area contributed by atoms with Gasteiger partial charge in [0.1, 0.15) is 0 Å². The van der Waals surface area contributed by atoms with Crippen LogP contribution in [-0.2, 0) is 0 Å². The maximum Gasteiger partial charge on any atom is 0.0971 e. The molecule has 10 aromatic rings. The van der Waals surface area contributed by atoms with Crippen LogP contribution in [0.15, 0.2) is 176 Å². The fourth-order valence-electron chi connectivity index (χ4n) is 7.61. The Labute approximate surface area is 283 Å². The Morgan fingerprint density at radius 1 is 0.327 bits per heavy atom. The highest BCUT2D eigenvalue weighted by molar-refractivity contribution is 6.23. The average molecular weight is 624 g/mol. The van der Waals surface area contributed by atoms with Crippen LogP contribution in [0.4, 0.5) is 0 Å². The zero-order valence-electron chi connectivity index (χ0n) is 26.6. The molecule has 0 aliphatic carbocycles. The second-order valence-corrected chi connectivity index (χ2v) is 12.6. The molecular weight excluding hydrogens is 595 g/mol. The Bertz CT molecular complexity index is 2740. The number of hydrogen-bond acceptors (Lipinski definition) is 2. The summed E-state index contributed by atoms with van der Waals surface area (Å²) >= 11 is 0. The molecule has 49 heavy (non-hydrogen) atoms. The molecule has 2 heterocycles. The Hall–Kier alpha value is -6.58. The van der Waals surface area contributed by atoms with E-state index in [9.17, 15) is 0 Å². The van der Waals surface area contributed by atoms with Crippen molar-refractivity contribution < 1.29 is 0 Å². The number of nitrogens with zero attached hydrogens (tertiary/aromatic N) is 3. The van der Waals surface area contributed by atoms with Crippen molar-refractivity contribution in [2.75, 3.05) is 0 Å². The van der Waals surface area contributed by atoms with Gasteiger partial charge in [0, 0.05) is 39.5 Å². The zero-order chi connectivity index (χ0) is 32.3. The van der Waals surface area contributed by atoms with Crippen LogP contribution in [0.5, 0.6) is 0 Å². The van der Waals surface area contributed by atoms with Crippen LogP contribution in [0, 0.1) is 0 Å². The molecule has 0 aliphatic heterocycles. The standard InChI is InChI=1S/C46H29N3/c1-3-11-30(12-4-1)32-20-23-43-40(27-32)41-28-33(31-13-5-2-6-14-31)21-24-44(41)49(43)42-18-10-9-15-35(42)34-19-22-38-39(29-34)36-16-7-8-17-37(36)45-46(38)48-26-25-47-45/h1-29H. The molecule has 2 aromatic heterocycles. The largest absolute Gasteiger partial charge is 0.309 e. The van der Waals surface area contributed by atoms with Crippen LogP contribution in [0.2, 0.25) is 0 Å². The molecule has 0 atom stereocenters. The maximum absolute atomic E-state index is 4.78. The molecule has 3 heteroatoms. The predicted octanol–water partition coefficient (Wildman–Crippen LogP) is 12.0. The van der Waals surface area contributed by atoms with Crippen LogP contribution in [0.1, 0.15) is 0 Å². The van der Waals surface area contributed by atoms with Crippen LogP contribution < -0.4 is 0 Å². The van der Waals surface area contributed by atoms with Gasteiger partial charge in [-0.25, -0.2) is 0 Å². The minimum atomic E-state index is 0.932. The Kier molecular flexibility index (Phi) is 6.18. The van der Waals surface area contributed by atoms with Crippen molar-refractivity contribution in [1.29, 1.82) is 0 Å². The fraction of sp³-hybridized carbons (Fsp3) is 0. The highest BCUT2D eigenvalue weighted by Gasteiger charge is 2.18. The minimum Gasteiger partial charge on any atom is -0.309 e. The third-order valence-corrected chi connectivity index (χ3v) is 9.88. The van der Waals surface area contributed by atoms with Gasteiger partial charge in [-0.1, -0.05) is 127 Å². The molecule has 0 spiro atoms. The monoisotopic (exact) mass is 623 g/mol. The van der Waals surface area contributed by atoms with Crippen LogP contribution >= 0.6 is 0 Å². The van der Waals surface area contributed by atoms with E-state index in [-0.39, 0.29) is 0 Å². The summed E-state index contributed by atoms with van der Waals surface area (Å²) in [4.78, 5) is 9.51. The highest BCUT2D eigenvalue weighted by Crippen LogP contribution is 2.41. The topological polar surface area (TPSA) is 30.7 Å². The number of rotatable bonds is 4.